The molecule has 0 unspecified atom stereocenters. The van der Waals surface area contributed by atoms with Gasteiger partial charge in [0.15, 0.2) is 0 Å². The number of guanidine groups is 1. The van der Waals surface area contributed by atoms with Crippen LogP contribution in [0.2, 0.25) is 0 Å². The number of halogens is 2. The highest BCUT2D eigenvalue weighted by molar-refractivity contribution is 5.83. The Balaban J connectivity index is 2.08. The Morgan fingerprint density at radius 2 is 2.00 bits per heavy atom. The molecule has 0 aliphatic rings. The first kappa shape index (κ1) is 18.9. The van der Waals surface area contributed by atoms with Crippen LogP contribution < -0.4 is 16.6 Å². The Morgan fingerprint density at radius 1 is 1.23 bits per heavy atom. The van der Waals surface area contributed by atoms with Crippen molar-refractivity contribution in [1.29, 1.82) is 5.26 Å². The van der Waals surface area contributed by atoms with Gasteiger partial charge in [0.2, 0.25) is 5.96 Å². The second kappa shape index (κ2) is 8.58. The highest BCUT2D eigenvalue weighted by Gasteiger charge is 2.08. The van der Waals surface area contributed by atoms with Crippen LogP contribution in [0, 0.1) is 29.9 Å². The second-order valence-corrected chi connectivity index (χ2v) is 5.47. The van der Waals surface area contributed by atoms with E-state index in [2.05, 4.69) is 15.8 Å². The summed E-state index contributed by atoms with van der Waals surface area (Å²) in [5.74, 6) is -1.58. The molecule has 1 amide bonds. The minimum atomic E-state index is -0.563. The summed E-state index contributed by atoms with van der Waals surface area (Å²) in [6, 6.07) is 10.5. The smallest absolute Gasteiger partial charge is 0.252 e. The number of carbonyl (C=O) groups excluding carboxylic acids is 1. The van der Waals surface area contributed by atoms with E-state index in [0.29, 0.717) is 11.1 Å². The molecule has 0 spiro atoms. The minimum Gasteiger partial charge on any atom is -0.369 e. The maximum atomic E-state index is 14.3. The predicted molar refractivity (Wildman–Crippen MR) is 93.4 cm³/mol. The molecule has 4 N–H and O–H groups in total. The molecule has 0 heterocycles. The number of hydrogen-bond acceptors (Lipinski definition) is 3. The van der Waals surface area contributed by atoms with Crippen LogP contribution in [-0.2, 0) is 11.3 Å². The molecule has 6 nitrogen and oxygen atoms in total. The molecule has 0 radical (unpaired) electrons. The number of nitrogens with two attached hydrogens (primary N) is 1. The lowest BCUT2D eigenvalue weighted by molar-refractivity contribution is -0.120. The summed E-state index contributed by atoms with van der Waals surface area (Å²) in [4.78, 5) is 15.0. The second-order valence-electron chi connectivity index (χ2n) is 5.47. The number of rotatable bonds is 4. The molecule has 0 fully saturated rings. The number of nitriles is 1. The third-order valence-corrected chi connectivity index (χ3v) is 3.55. The molecule has 2 aromatic rings. The van der Waals surface area contributed by atoms with Crippen LogP contribution >= 0.6 is 0 Å². The molecular formula is C18H17F2N5O. The van der Waals surface area contributed by atoms with E-state index < -0.39 is 17.5 Å². The third kappa shape index (κ3) is 5.01. The van der Waals surface area contributed by atoms with Gasteiger partial charge in [-0.2, -0.15) is 5.26 Å². The summed E-state index contributed by atoms with van der Waals surface area (Å²) in [6.07, 6.45) is -0.324. The molecule has 0 saturated carbocycles. The van der Waals surface area contributed by atoms with Crippen molar-refractivity contribution in [2.45, 2.75) is 19.9 Å². The number of aryl methyl sites for hydroxylation is 1. The zero-order chi connectivity index (χ0) is 19.1. The Morgan fingerprint density at radius 3 is 2.69 bits per heavy atom. The first-order valence-corrected chi connectivity index (χ1v) is 7.67. The maximum absolute atomic E-state index is 14.3. The quantitative estimate of drug-likeness (QED) is 0.444. The van der Waals surface area contributed by atoms with E-state index in [1.54, 1.807) is 24.3 Å². The van der Waals surface area contributed by atoms with Gasteiger partial charge < -0.3 is 5.73 Å². The molecule has 8 heteroatoms. The van der Waals surface area contributed by atoms with Crippen LogP contribution in [0.15, 0.2) is 41.4 Å². The van der Waals surface area contributed by atoms with Gasteiger partial charge in [-0.15, -0.1) is 0 Å². The fourth-order valence-corrected chi connectivity index (χ4v) is 2.21. The molecule has 0 saturated heterocycles. The summed E-state index contributed by atoms with van der Waals surface area (Å²) in [5.41, 5.74) is 12.3. The normalized spacial score (nSPS) is 10.9. The third-order valence-electron chi connectivity index (χ3n) is 3.55. The summed E-state index contributed by atoms with van der Waals surface area (Å²) < 4.78 is 27.7. The van der Waals surface area contributed by atoms with Gasteiger partial charge in [0, 0.05) is 5.56 Å². The number of carbonyl (C=O) groups is 1. The van der Waals surface area contributed by atoms with Crippen molar-refractivity contribution in [3.8, 4) is 17.2 Å². The van der Waals surface area contributed by atoms with Crippen LogP contribution in [0.4, 0.5) is 8.78 Å². The summed E-state index contributed by atoms with van der Waals surface area (Å²) >= 11 is 0. The fraction of sp³-hybridized carbons (Fsp3) is 0.167. The van der Waals surface area contributed by atoms with Crippen molar-refractivity contribution in [2.24, 2.45) is 10.7 Å². The number of hydrazine groups is 1. The predicted octanol–water partition coefficient (Wildman–Crippen LogP) is 2.29. The van der Waals surface area contributed by atoms with E-state index in [0.717, 1.165) is 5.56 Å². The van der Waals surface area contributed by atoms with Crippen molar-refractivity contribution < 1.29 is 13.6 Å². The van der Waals surface area contributed by atoms with Crippen LogP contribution in [-0.4, -0.2) is 11.9 Å². The molecule has 134 valence electrons. The first-order valence-electron chi connectivity index (χ1n) is 7.67. The van der Waals surface area contributed by atoms with Crippen LogP contribution in [0.1, 0.15) is 17.5 Å². The van der Waals surface area contributed by atoms with Gasteiger partial charge in [-0.3, -0.25) is 15.6 Å². The average molecular weight is 357 g/mol. The first-order chi connectivity index (χ1) is 12.4. The van der Waals surface area contributed by atoms with Gasteiger partial charge in [0.05, 0.1) is 12.6 Å². The molecule has 0 aromatic heterocycles. The Labute approximate surface area is 149 Å². The number of hydrogen-bond donors (Lipinski definition) is 3. The Hall–Kier alpha value is -3.47. The highest BCUT2D eigenvalue weighted by Crippen LogP contribution is 2.26. The standard InChI is InChI=1S/C18H17F2N5O/c1-11-2-5-14(19)9-15(11)12-3-4-13(16(20)8-12)10-23-18(22)25-24-17(26)6-7-21/h2-5,8-9H,6,10H2,1H3,(H,24,26)(H3,22,23,25). The minimum absolute atomic E-state index is 0.0544. The van der Waals surface area contributed by atoms with E-state index in [1.165, 1.54) is 18.2 Å². The summed E-state index contributed by atoms with van der Waals surface area (Å²) in [7, 11) is 0. The van der Waals surface area contributed by atoms with Crippen molar-refractivity contribution in [3.05, 3.63) is 59.2 Å². The van der Waals surface area contributed by atoms with Crippen molar-refractivity contribution in [1.82, 2.24) is 10.9 Å². The van der Waals surface area contributed by atoms with E-state index in [1.807, 2.05) is 6.92 Å². The molecule has 2 rings (SSSR count). The monoisotopic (exact) mass is 357 g/mol. The number of benzene rings is 2. The Bertz CT molecular complexity index is 890. The van der Waals surface area contributed by atoms with Gasteiger partial charge in [0.25, 0.3) is 5.91 Å². The van der Waals surface area contributed by atoms with E-state index in [9.17, 15) is 13.6 Å². The molecule has 0 bridgehead atoms. The van der Waals surface area contributed by atoms with Crippen molar-refractivity contribution in [3.63, 3.8) is 0 Å². The van der Waals surface area contributed by atoms with Gasteiger partial charge in [0.1, 0.15) is 18.1 Å². The van der Waals surface area contributed by atoms with E-state index in [-0.39, 0.29) is 24.5 Å². The average Bonchev–Trinajstić information content (AvgIpc) is 2.61. The summed E-state index contributed by atoms with van der Waals surface area (Å²) in [5, 5.41) is 8.36. The molecule has 26 heavy (non-hydrogen) atoms. The van der Waals surface area contributed by atoms with Gasteiger partial charge in [-0.1, -0.05) is 18.2 Å². The molecule has 2 aromatic carbocycles. The van der Waals surface area contributed by atoms with Gasteiger partial charge >= 0.3 is 0 Å². The van der Waals surface area contributed by atoms with Crippen LogP contribution in [0.5, 0.6) is 0 Å². The van der Waals surface area contributed by atoms with Crippen molar-refractivity contribution >= 4 is 11.9 Å². The van der Waals surface area contributed by atoms with Crippen molar-refractivity contribution in [2.75, 3.05) is 0 Å². The van der Waals surface area contributed by atoms with E-state index >= 15 is 0 Å². The summed E-state index contributed by atoms with van der Waals surface area (Å²) in [6.45, 7) is 1.76. The zero-order valence-corrected chi connectivity index (χ0v) is 14.0. The molecule has 0 aliphatic carbocycles. The number of nitrogens with zero attached hydrogens (tertiary/aromatic N) is 2. The number of amides is 1. The lowest BCUT2D eigenvalue weighted by atomic mass is 9.99. The zero-order valence-electron chi connectivity index (χ0n) is 14.0. The lowest BCUT2D eigenvalue weighted by Gasteiger charge is -2.09. The molecular weight excluding hydrogens is 340 g/mol. The van der Waals surface area contributed by atoms with E-state index in [4.69, 9.17) is 11.0 Å². The van der Waals surface area contributed by atoms with Crippen LogP contribution in [0.25, 0.3) is 11.1 Å². The molecule has 0 aliphatic heterocycles. The lowest BCUT2D eigenvalue weighted by Crippen LogP contribution is -2.45. The van der Waals surface area contributed by atoms with Gasteiger partial charge in [-0.25, -0.2) is 13.8 Å². The highest BCUT2D eigenvalue weighted by atomic mass is 19.1. The molecule has 0 atom stereocenters. The fourth-order valence-electron chi connectivity index (χ4n) is 2.21. The number of aliphatic imine (C=N–C) groups is 1. The van der Waals surface area contributed by atoms with Gasteiger partial charge in [-0.05, 0) is 41.8 Å². The maximum Gasteiger partial charge on any atom is 0.252 e. The van der Waals surface area contributed by atoms with Crippen LogP contribution in [0.3, 0.4) is 0 Å². The topological polar surface area (TPSA) is 103 Å². The Kier molecular flexibility index (Phi) is 6.22. The SMILES string of the molecule is Cc1ccc(F)cc1-c1ccc(CN=C(N)NNC(=O)CC#N)c(F)c1. The number of nitrogens with one attached hydrogen (secondary N) is 2. The largest absolute Gasteiger partial charge is 0.369 e.